The van der Waals surface area contributed by atoms with Crippen LogP contribution < -0.4 is 56.2 Å². The molecule has 5 aliphatic rings. The van der Waals surface area contributed by atoms with Crippen LogP contribution >= 0.6 is 34.8 Å². The molecule has 5 saturated heterocycles. The van der Waals surface area contributed by atoms with Crippen LogP contribution in [0.2, 0.25) is 15.1 Å². The standard InChI is InChI=1S/C18H22N2O6.3C17H19ClN2O6.C17H18F2N2O6/c1-11-2-4-12(5-3-11)6-8-19-14(22)7-9-20(18(19)25)17-16(24)15(23)13(10-21)26-17;18-11-3-1-10(2-4-11)5-7-19-13(22)6-8-20(17(19)25)16-15(24)14(23)12(9-21)26-16;18-11-3-1-2-10(8-11)4-6-19-13(22)5-7-20(17(19)25)16-15(24)14(23)12(9-21)26-16;18-11-4-2-1-3-10(11)5-7-19-13(22)6-8-20(17(19)25)16-15(24)14(23)12(9-21)26-16;18-10-2-1-9(11(19)7-10)3-5-20-13(23)4-6-21(17(20)26)16-15(25)14(24)12(8-22)27-16/h2-5,7,9,13,15-17,21,23-24H,6,8,10H2,1H3;1-4,6,8,12,14-16,21,23-24H,5,7,9H2;1-3,5,7-8,12,14-16,21,23-24H,4,6,9H2;1-4,6,8,12,14-16,21,23-24H,5,7,9H2;1-2,4,6-7,12,14-16,22,24-25H,3,5,8H2/t13-,15+,16?,17-;4*12-,14+,15?,16-/m11111/s1. The van der Waals surface area contributed by atoms with Gasteiger partial charge in [-0.15, -0.1) is 0 Å². The molecule has 10 aromatic rings. The fraction of sp³-hybridized carbons (Fsp3) is 0.419. The van der Waals surface area contributed by atoms with Gasteiger partial charge in [0, 0.05) is 115 Å². The lowest BCUT2D eigenvalue weighted by atomic mass is 10.1. The fourth-order valence-electron chi connectivity index (χ4n) is 14.9. The maximum absolute atomic E-state index is 13.7. The summed E-state index contributed by atoms with van der Waals surface area (Å²) in [5, 5.41) is 147. The normalized spacial score (nSPS) is 25.4. The Morgan fingerprint density at radius 2 is 0.588 bits per heavy atom. The number of aryl methyl sites for hydroxylation is 6. The van der Waals surface area contributed by atoms with Crippen molar-refractivity contribution in [3.05, 3.63) is 341 Å². The van der Waals surface area contributed by atoms with Gasteiger partial charge in [0.25, 0.3) is 27.8 Å². The van der Waals surface area contributed by atoms with Gasteiger partial charge >= 0.3 is 28.4 Å². The van der Waals surface area contributed by atoms with Crippen molar-refractivity contribution in [2.75, 3.05) is 33.0 Å². The lowest BCUT2D eigenvalue weighted by Gasteiger charge is -2.18. The minimum Gasteiger partial charge on any atom is -0.394 e. The minimum absolute atomic E-state index is 0.0404. The van der Waals surface area contributed by atoms with E-state index in [0.717, 1.165) is 91.8 Å². The molecule has 40 nitrogen and oxygen atoms in total. The molecule has 45 heteroatoms. The molecular formula is C86H97Cl3F2N10O30. The molecule has 5 aromatic carbocycles. The zero-order valence-corrected chi connectivity index (χ0v) is 71.9. The molecule has 20 atom stereocenters. The van der Waals surface area contributed by atoms with Crippen molar-refractivity contribution < 1.29 is 109 Å². The predicted octanol–water partition coefficient (Wildman–Crippen LogP) is -3.13. The van der Waals surface area contributed by atoms with E-state index in [4.69, 9.17) is 68.7 Å². The van der Waals surface area contributed by atoms with Gasteiger partial charge in [-0.2, -0.15) is 0 Å². The average Bonchev–Trinajstić information content (AvgIpc) is 1.68. The highest BCUT2D eigenvalue weighted by Gasteiger charge is 2.49. The van der Waals surface area contributed by atoms with Crippen molar-refractivity contribution in [2.45, 2.75) is 194 Å². The molecule has 5 unspecified atom stereocenters. The number of halogens is 5. The highest BCUT2D eigenvalue weighted by atomic mass is 35.5. The van der Waals surface area contributed by atoms with Crippen LogP contribution in [-0.2, 0) is 88.5 Å². The molecule has 0 amide bonds. The lowest BCUT2D eigenvalue weighted by Crippen LogP contribution is -2.43. The number of aliphatic hydroxyl groups excluding tert-OH is 15. The summed E-state index contributed by atoms with van der Waals surface area (Å²) in [6.07, 6.45) is -17.2. The number of hydrogen-bond donors (Lipinski definition) is 15. The molecule has 0 saturated carbocycles. The number of nitrogens with zero attached hydrogens (tertiary/aromatic N) is 10. The summed E-state index contributed by atoms with van der Waals surface area (Å²) in [6, 6.07) is 37.9. The molecule has 15 rings (SSSR count). The topological polar surface area (TPSA) is 570 Å². The van der Waals surface area contributed by atoms with Crippen LogP contribution in [0.4, 0.5) is 8.78 Å². The minimum atomic E-state index is -1.49. The van der Waals surface area contributed by atoms with E-state index in [9.17, 15) is 123 Å². The summed E-state index contributed by atoms with van der Waals surface area (Å²) in [5.41, 5.74) is -1.24. The van der Waals surface area contributed by atoms with E-state index in [1.54, 1.807) is 60.7 Å². The monoisotopic (exact) mass is 1890 g/mol. The Morgan fingerprint density at radius 3 is 0.878 bits per heavy atom. The van der Waals surface area contributed by atoms with Crippen LogP contribution in [0.15, 0.2) is 225 Å². The zero-order valence-electron chi connectivity index (χ0n) is 69.6. The van der Waals surface area contributed by atoms with Gasteiger partial charge in [0.15, 0.2) is 31.1 Å². The third-order valence-corrected chi connectivity index (χ3v) is 23.3. The molecule has 0 aliphatic carbocycles. The van der Waals surface area contributed by atoms with Crippen LogP contribution in [0.3, 0.4) is 0 Å². The van der Waals surface area contributed by atoms with Gasteiger partial charge in [-0.1, -0.05) is 113 Å². The van der Waals surface area contributed by atoms with Gasteiger partial charge in [-0.05, 0) is 103 Å². The van der Waals surface area contributed by atoms with Crippen LogP contribution in [0.1, 0.15) is 64.5 Å². The Bertz CT molecular complexity index is 6070. The smallest absolute Gasteiger partial charge is 0.333 e. The molecule has 131 heavy (non-hydrogen) atoms. The number of rotatable bonds is 25. The van der Waals surface area contributed by atoms with Crippen molar-refractivity contribution in [1.29, 1.82) is 0 Å². The average molecular weight is 1900 g/mol. The Labute approximate surface area is 754 Å². The zero-order chi connectivity index (χ0) is 95.1. The van der Waals surface area contributed by atoms with Crippen molar-refractivity contribution >= 4 is 34.8 Å². The van der Waals surface area contributed by atoms with Gasteiger partial charge in [-0.25, -0.2) is 32.8 Å². The third-order valence-electron chi connectivity index (χ3n) is 22.4. The molecule has 5 aromatic heterocycles. The molecule has 5 aliphatic heterocycles. The van der Waals surface area contributed by atoms with Gasteiger partial charge in [0.05, 0.1) is 33.0 Å². The molecular weight excluding hydrogens is 1800 g/mol. The highest BCUT2D eigenvalue weighted by Crippen LogP contribution is 2.33. The van der Waals surface area contributed by atoms with Gasteiger partial charge in [0.1, 0.15) is 103 Å². The van der Waals surface area contributed by atoms with Gasteiger partial charge in [-0.3, -0.25) is 69.6 Å². The first kappa shape index (κ1) is 101. The molecule has 0 bridgehead atoms. The number of aliphatic hydroxyl groups is 15. The first-order valence-electron chi connectivity index (χ1n) is 41.0. The molecule has 10 heterocycles. The lowest BCUT2D eigenvalue weighted by molar-refractivity contribution is -0.0556. The van der Waals surface area contributed by atoms with Crippen LogP contribution in [-0.4, -0.2) is 247 Å². The molecule has 0 radical (unpaired) electrons. The van der Waals surface area contributed by atoms with E-state index in [1.807, 2.05) is 43.3 Å². The highest BCUT2D eigenvalue weighted by molar-refractivity contribution is 6.31. The number of hydrogen-bond acceptors (Lipinski definition) is 30. The summed E-state index contributed by atoms with van der Waals surface area (Å²) >= 11 is 17.9. The number of benzene rings is 5. The van der Waals surface area contributed by atoms with Gasteiger partial charge < -0.3 is 100 Å². The molecule has 706 valence electrons. The summed E-state index contributed by atoms with van der Waals surface area (Å²) in [6.45, 7) is -0.242. The Hall–Kier alpha value is -10.6. The maximum Gasteiger partial charge on any atom is 0.333 e. The largest absolute Gasteiger partial charge is 0.394 e. The van der Waals surface area contributed by atoms with Crippen LogP contribution in [0, 0.1) is 18.6 Å². The molecule has 0 spiro atoms. The first-order valence-corrected chi connectivity index (χ1v) is 42.1. The SMILES string of the molecule is Cc1ccc(CCn2c(=O)ccn([C@@H]3O[C@H](CO)[C@H](O)C3O)c2=O)cc1.O=c1ccn([C@@H]2O[C@H](CO)[C@H](O)C2O)c(=O)n1CCc1ccc(Cl)cc1.O=c1ccn([C@@H]2O[C@H](CO)[C@H](O)C2O)c(=O)n1CCc1ccc(F)cc1F.O=c1ccn([C@@H]2O[C@H](CO)[C@H](O)C2O)c(=O)n1CCc1cccc(Cl)c1.O=c1ccn([C@@H]2O[C@H](CO)[C@H](O)C2O)c(=O)n1CCc1ccccc1Cl. The van der Waals surface area contributed by atoms with E-state index in [1.165, 1.54) is 55.1 Å². The van der Waals surface area contributed by atoms with E-state index < -0.39 is 224 Å². The van der Waals surface area contributed by atoms with Crippen molar-refractivity contribution in [3.8, 4) is 0 Å². The van der Waals surface area contributed by atoms with Crippen molar-refractivity contribution in [1.82, 2.24) is 45.7 Å². The summed E-state index contributed by atoms with van der Waals surface area (Å²) in [4.78, 5) is 124. The quantitative estimate of drug-likeness (QED) is 0.0269. The molecule has 5 fully saturated rings. The summed E-state index contributed by atoms with van der Waals surface area (Å²) in [7, 11) is 0. The fourth-order valence-corrected chi connectivity index (χ4v) is 15.5. The molecule has 15 N–H and O–H groups in total. The second kappa shape index (κ2) is 45.7. The van der Waals surface area contributed by atoms with E-state index in [2.05, 4.69) is 0 Å². The number of ether oxygens (including phenoxy) is 5. The Morgan fingerprint density at radius 1 is 0.298 bits per heavy atom. The third kappa shape index (κ3) is 23.7. The maximum atomic E-state index is 13.7. The number of aromatic nitrogens is 10. The second-order valence-corrected chi connectivity index (χ2v) is 32.2. The predicted molar refractivity (Wildman–Crippen MR) is 460 cm³/mol. The van der Waals surface area contributed by atoms with Crippen molar-refractivity contribution in [3.63, 3.8) is 0 Å². The second-order valence-electron chi connectivity index (χ2n) is 30.9. The van der Waals surface area contributed by atoms with E-state index in [0.29, 0.717) is 46.8 Å². The Kier molecular flexibility index (Phi) is 35.2. The summed E-state index contributed by atoms with van der Waals surface area (Å²) < 4.78 is 63.5. The summed E-state index contributed by atoms with van der Waals surface area (Å²) in [5.74, 6) is -1.53. The van der Waals surface area contributed by atoms with E-state index in [-0.39, 0.29) is 44.7 Å². The van der Waals surface area contributed by atoms with Crippen molar-refractivity contribution in [2.24, 2.45) is 0 Å². The van der Waals surface area contributed by atoms with Crippen LogP contribution in [0.5, 0.6) is 0 Å². The van der Waals surface area contributed by atoms with E-state index >= 15 is 0 Å². The first-order chi connectivity index (χ1) is 62.5. The Balaban J connectivity index is 0.000000158. The van der Waals surface area contributed by atoms with Gasteiger partial charge in [0.2, 0.25) is 0 Å². The van der Waals surface area contributed by atoms with Crippen LogP contribution in [0.25, 0.3) is 0 Å².